The maximum absolute atomic E-state index is 12.0. The van der Waals surface area contributed by atoms with E-state index in [1.165, 1.54) is 0 Å². The van der Waals surface area contributed by atoms with Crippen LogP contribution in [0, 0.1) is 23.7 Å². The van der Waals surface area contributed by atoms with Crippen molar-refractivity contribution in [1.29, 1.82) is 0 Å². The summed E-state index contributed by atoms with van der Waals surface area (Å²) in [5, 5.41) is 0. The van der Waals surface area contributed by atoms with Crippen LogP contribution in [0.15, 0.2) is 0 Å². The summed E-state index contributed by atoms with van der Waals surface area (Å²) in [6, 6.07) is 0. The first kappa shape index (κ1) is 16.9. The molecule has 0 saturated carbocycles. The van der Waals surface area contributed by atoms with Gasteiger partial charge in [-0.05, 0) is 25.7 Å². The van der Waals surface area contributed by atoms with Gasteiger partial charge in [-0.25, -0.2) is 0 Å². The largest absolute Gasteiger partial charge is 0.466 e. The fourth-order valence-electron chi connectivity index (χ4n) is 2.14. The second kappa shape index (κ2) is 8.11. The average molecular weight is 258 g/mol. The van der Waals surface area contributed by atoms with E-state index in [-0.39, 0.29) is 23.8 Å². The molecule has 0 bridgehead atoms. The minimum atomic E-state index is -0.441. The van der Waals surface area contributed by atoms with E-state index >= 15 is 0 Å². The summed E-state index contributed by atoms with van der Waals surface area (Å²) < 4.78 is 10.2. The molecule has 0 amide bonds. The van der Waals surface area contributed by atoms with Crippen LogP contribution < -0.4 is 0 Å². The second-order valence-corrected chi connectivity index (χ2v) is 5.04. The van der Waals surface area contributed by atoms with Crippen LogP contribution in [-0.4, -0.2) is 25.2 Å². The molecule has 0 fully saturated rings. The Balaban J connectivity index is 5.11. The molecular weight excluding hydrogens is 232 g/mol. The third kappa shape index (κ3) is 4.67. The van der Waals surface area contributed by atoms with Crippen LogP contribution in [-0.2, 0) is 19.1 Å². The smallest absolute Gasteiger partial charge is 0.310 e. The quantitative estimate of drug-likeness (QED) is 0.659. The van der Waals surface area contributed by atoms with Gasteiger partial charge in [0, 0.05) is 0 Å². The van der Waals surface area contributed by atoms with Crippen LogP contribution in [0.3, 0.4) is 0 Å². The van der Waals surface area contributed by atoms with Crippen LogP contribution in [0.1, 0.15) is 41.5 Å². The standard InChI is InChI=1S/C14H26O4/c1-7-17-13(15)11(9(3)4)12(10(5)6)14(16)18-8-2/h9-12H,7-8H2,1-6H3/t11-,12-/m0/s1. The molecule has 4 nitrogen and oxygen atoms in total. The predicted molar refractivity (Wildman–Crippen MR) is 69.9 cm³/mol. The summed E-state index contributed by atoms with van der Waals surface area (Å²) in [7, 11) is 0. The first-order valence-corrected chi connectivity index (χ1v) is 6.69. The maximum atomic E-state index is 12.0. The van der Waals surface area contributed by atoms with Gasteiger partial charge in [0.15, 0.2) is 0 Å². The Morgan fingerprint density at radius 2 is 1.06 bits per heavy atom. The second-order valence-electron chi connectivity index (χ2n) is 5.04. The molecule has 0 spiro atoms. The van der Waals surface area contributed by atoms with E-state index in [1.807, 2.05) is 27.7 Å². The Morgan fingerprint density at radius 3 is 1.22 bits per heavy atom. The first-order chi connectivity index (χ1) is 8.36. The molecule has 0 radical (unpaired) electrons. The number of hydrogen-bond acceptors (Lipinski definition) is 4. The number of hydrogen-bond donors (Lipinski definition) is 0. The summed E-state index contributed by atoms with van der Waals surface area (Å²) in [4.78, 5) is 24.0. The number of carbonyl (C=O) groups excluding carboxylic acids is 2. The lowest BCUT2D eigenvalue weighted by Gasteiger charge is -2.29. The van der Waals surface area contributed by atoms with Crippen molar-refractivity contribution in [2.45, 2.75) is 41.5 Å². The molecule has 4 heteroatoms. The van der Waals surface area contributed by atoms with Crippen LogP contribution >= 0.6 is 0 Å². The van der Waals surface area contributed by atoms with Gasteiger partial charge in [-0.15, -0.1) is 0 Å². The van der Waals surface area contributed by atoms with E-state index in [2.05, 4.69) is 0 Å². The van der Waals surface area contributed by atoms with Crippen molar-refractivity contribution in [3.63, 3.8) is 0 Å². The van der Waals surface area contributed by atoms with Crippen molar-refractivity contribution in [1.82, 2.24) is 0 Å². The van der Waals surface area contributed by atoms with Crippen molar-refractivity contribution in [3.05, 3.63) is 0 Å². The molecule has 18 heavy (non-hydrogen) atoms. The molecule has 2 atom stereocenters. The zero-order chi connectivity index (χ0) is 14.3. The Labute approximate surface area is 110 Å². The highest BCUT2D eigenvalue weighted by Gasteiger charge is 2.39. The van der Waals surface area contributed by atoms with E-state index in [9.17, 15) is 9.59 Å². The van der Waals surface area contributed by atoms with Gasteiger partial charge in [-0.2, -0.15) is 0 Å². The first-order valence-electron chi connectivity index (χ1n) is 6.69. The molecule has 0 heterocycles. The van der Waals surface area contributed by atoms with Gasteiger partial charge in [-0.3, -0.25) is 9.59 Å². The Morgan fingerprint density at radius 1 is 0.778 bits per heavy atom. The third-order valence-electron chi connectivity index (χ3n) is 2.94. The topological polar surface area (TPSA) is 52.6 Å². The van der Waals surface area contributed by atoms with E-state index in [0.717, 1.165) is 0 Å². The van der Waals surface area contributed by atoms with Gasteiger partial charge in [0.1, 0.15) is 0 Å². The van der Waals surface area contributed by atoms with Gasteiger partial charge >= 0.3 is 11.9 Å². The lowest BCUT2D eigenvalue weighted by atomic mass is 9.77. The van der Waals surface area contributed by atoms with E-state index in [1.54, 1.807) is 13.8 Å². The molecule has 0 aromatic carbocycles. The molecule has 0 aliphatic rings. The number of carbonyl (C=O) groups is 2. The third-order valence-corrected chi connectivity index (χ3v) is 2.94. The summed E-state index contributed by atoms with van der Waals surface area (Å²) >= 11 is 0. The SMILES string of the molecule is CCOC(=O)[C@@H](C(C)C)[C@@H](C(=O)OCC)C(C)C. The summed E-state index contributed by atoms with van der Waals surface area (Å²) in [6.07, 6.45) is 0. The van der Waals surface area contributed by atoms with Crippen molar-refractivity contribution >= 4 is 11.9 Å². The van der Waals surface area contributed by atoms with Gasteiger partial charge < -0.3 is 9.47 Å². The molecule has 0 aromatic rings. The predicted octanol–water partition coefficient (Wildman–Crippen LogP) is 2.66. The van der Waals surface area contributed by atoms with Gasteiger partial charge in [-0.1, -0.05) is 27.7 Å². The van der Waals surface area contributed by atoms with E-state index in [4.69, 9.17) is 9.47 Å². The molecule has 0 rings (SSSR count). The Bertz CT molecular complexity index is 243. The van der Waals surface area contributed by atoms with Crippen LogP contribution in [0.25, 0.3) is 0 Å². The monoisotopic (exact) mass is 258 g/mol. The summed E-state index contributed by atoms with van der Waals surface area (Å²) in [5.41, 5.74) is 0. The number of ether oxygens (including phenoxy) is 2. The zero-order valence-electron chi connectivity index (χ0n) is 12.4. The average Bonchev–Trinajstić information content (AvgIpc) is 2.24. The maximum Gasteiger partial charge on any atom is 0.310 e. The van der Waals surface area contributed by atoms with Crippen molar-refractivity contribution in [2.75, 3.05) is 13.2 Å². The minimum Gasteiger partial charge on any atom is -0.466 e. The molecular formula is C14H26O4. The van der Waals surface area contributed by atoms with Crippen molar-refractivity contribution in [3.8, 4) is 0 Å². The van der Waals surface area contributed by atoms with Crippen LogP contribution in [0.2, 0.25) is 0 Å². The number of esters is 2. The zero-order valence-corrected chi connectivity index (χ0v) is 12.4. The van der Waals surface area contributed by atoms with Gasteiger partial charge in [0.25, 0.3) is 0 Å². The molecule has 0 aliphatic carbocycles. The van der Waals surface area contributed by atoms with E-state index in [0.29, 0.717) is 13.2 Å². The summed E-state index contributed by atoms with van der Waals surface area (Å²) in [6.45, 7) is 11.9. The highest BCUT2D eigenvalue weighted by molar-refractivity contribution is 5.82. The van der Waals surface area contributed by atoms with Gasteiger partial charge in [0.2, 0.25) is 0 Å². The highest BCUT2D eigenvalue weighted by Crippen LogP contribution is 2.30. The van der Waals surface area contributed by atoms with E-state index < -0.39 is 11.8 Å². The fraction of sp³-hybridized carbons (Fsp3) is 0.857. The van der Waals surface area contributed by atoms with Crippen molar-refractivity contribution < 1.29 is 19.1 Å². The molecule has 0 N–H and O–H groups in total. The molecule has 0 saturated heterocycles. The number of rotatable bonds is 7. The minimum absolute atomic E-state index is 0.0425. The lowest BCUT2D eigenvalue weighted by Crippen LogP contribution is -2.39. The normalized spacial score (nSPS) is 14.4. The summed E-state index contributed by atoms with van der Waals surface area (Å²) in [5.74, 6) is -1.41. The molecule has 0 aromatic heterocycles. The highest BCUT2D eigenvalue weighted by atomic mass is 16.5. The van der Waals surface area contributed by atoms with Crippen molar-refractivity contribution in [2.24, 2.45) is 23.7 Å². The lowest BCUT2D eigenvalue weighted by molar-refractivity contribution is -0.164. The Kier molecular flexibility index (Phi) is 7.64. The molecule has 0 aliphatic heterocycles. The van der Waals surface area contributed by atoms with Crippen LogP contribution in [0.5, 0.6) is 0 Å². The van der Waals surface area contributed by atoms with Gasteiger partial charge in [0.05, 0.1) is 25.0 Å². The van der Waals surface area contributed by atoms with Crippen LogP contribution in [0.4, 0.5) is 0 Å². The Hall–Kier alpha value is -1.06. The molecule has 0 unspecified atom stereocenters. The fourth-order valence-corrected chi connectivity index (χ4v) is 2.14. The molecule has 106 valence electrons.